The van der Waals surface area contributed by atoms with Crippen LogP contribution in [-0.2, 0) is 39.0 Å². The predicted octanol–water partition coefficient (Wildman–Crippen LogP) is 2.48. The zero-order chi connectivity index (χ0) is 17.5. The van der Waals surface area contributed by atoms with Crippen molar-refractivity contribution in [3.05, 3.63) is 70.8 Å². The van der Waals surface area contributed by atoms with Crippen molar-refractivity contribution in [3.63, 3.8) is 0 Å². The second kappa shape index (κ2) is 19.3. The van der Waals surface area contributed by atoms with E-state index in [9.17, 15) is 8.78 Å². The zero-order valence-corrected chi connectivity index (χ0v) is 16.4. The molecule has 0 bridgehead atoms. The fraction of sp³-hybridized carbons (Fsp3) is 0.200. The van der Waals surface area contributed by atoms with E-state index in [1.807, 2.05) is 0 Å². The minimum atomic E-state index is -0.750. The van der Waals surface area contributed by atoms with Crippen molar-refractivity contribution in [1.29, 1.82) is 0 Å². The van der Waals surface area contributed by atoms with E-state index in [-0.39, 0.29) is 57.3 Å². The van der Waals surface area contributed by atoms with Crippen LogP contribution in [0.1, 0.15) is 0 Å². The van der Waals surface area contributed by atoms with E-state index in [0.717, 1.165) is 0 Å². The van der Waals surface area contributed by atoms with Crippen molar-refractivity contribution in [2.24, 2.45) is 0 Å². The van der Waals surface area contributed by atoms with Crippen LogP contribution in [0.15, 0.2) is 48.5 Å². The Bertz CT molecular complexity index is 472. The van der Waals surface area contributed by atoms with Gasteiger partial charge in [-0.1, -0.05) is 24.3 Å². The van der Waals surface area contributed by atoms with Gasteiger partial charge in [0.25, 0.3) is 0 Å². The maximum Gasteiger partial charge on any atom is 1.00 e. The van der Waals surface area contributed by atoms with Gasteiger partial charge in [0.15, 0.2) is 0 Å². The summed E-state index contributed by atoms with van der Waals surface area (Å²) in [6.45, 7) is -1.27. The molecule has 0 amide bonds. The molecule has 142 valence electrons. The van der Waals surface area contributed by atoms with E-state index in [4.69, 9.17) is 20.4 Å². The summed E-state index contributed by atoms with van der Waals surface area (Å²) >= 11 is 0. The summed E-state index contributed by atoms with van der Waals surface area (Å²) in [5, 5.41) is 36.8. The normalized spacial score (nSPS) is 8.24. The van der Waals surface area contributed by atoms with Gasteiger partial charge >= 0.3 is 39.0 Å². The molecule has 0 atom stereocenters. The molecule has 0 aliphatic carbocycles. The van der Waals surface area contributed by atoms with Gasteiger partial charge in [-0.3, -0.25) is 0 Å². The first-order valence-corrected chi connectivity index (χ1v) is 6.37. The van der Waals surface area contributed by atoms with Gasteiger partial charge in [0.1, 0.15) is 25.2 Å². The predicted molar refractivity (Wildman–Crippen MR) is 82.3 cm³/mol. The standard InChI is InChI=1S/C13H10F2N2.2CH4O2.2Ru/c14-10-1-5-12(6-2-10)16-9-17-13-7-3-11(15)4-8-13;2*2-1-3;;/h1-8H,9H2;2*2-3H,1H2;;/q-2;;;2*+1. The molecular weight excluding hydrogens is 512 g/mol. The Hall–Kier alpha value is -1.01. The smallest absolute Gasteiger partial charge is 0.699 e. The van der Waals surface area contributed by atoms with Crippen LogP contribution in [-0.4, -0.2) is 40.7 Å². The molecule has 0 unspecified atom stereocenters. The Morgan fingerprint density at radius 2 is 0.840 bits per heavy atom. The Morgan fingerprint density at radius 3 is 1.08 bits per heavy atom. The monoisotopic (exact) mass is 532 g/mol. The summed E-state index contributed by atoms with van der Waals surface area (Å²) in [5.74, 6) is -0.584. The second-order valence-electron chi connectivity index (χ2n) is 3.69. The van der Waals surface area contributed by atoms with Crippen LogP contribution in [0.3, 0.4) is 0 Å². The average molecular weight is 530 g/mol. The molecule has 4 N–H and O–H groups in total. The zero-order valence-electron chi connectivity index (χ0n) is 12.9. The Balaban J connectivity index is -0.000000535. The number of nitrogens with zero attached hydrogens (tertiary/aromatic N) is 2. The average Bonchev–Trinajstić information content (AvgIpc) is 2.53. The summed E-state index contributed by atoms with van der Waals surface area (Å²) in [6, 6.07) is 11.7. The van der Waals surface area contributed by atoms with Crippen molar-refractivity contribution >= 4 is 11.4 Å². The number of benzene rings is 2. The number of hydrogen-bond acceptors (Lipinski definition) is 4. The number of rotatable bonds is 4. The van der Waals surface area contributed by atoms with Gasteiger partial charge in [0, 0.05) is 0 Å². The number of aliphatic hydroxyl groups is 4. The Kier molecular flexibility index (Phi) is 22.2. The molecule has 0 spiro atoms. The molecule has 2 radical (unpaired) electrons. The first kappa shape index (κ1) is 28.8. The second-order valence-corrected chi connectivity index (χ2v) is 3.69. The summed E-state index contributed by atoms with van der Waals surface area (Å²) in [5.41, 5.74) is 1.33. The third-order valence-corrected chi connectivity index (χ3v) is 2.16. The van der Waals surface area contributed by atoms with E-state index in [2.05, 4.69) is 10.6 Å². The van der Waals surface area contributed by atoms with E-state index in [0.29, 0.717) is 11.4 Å². The third kappa shape index (κ3) is 16.2. The summed E-state index contributed by atoms with van der Waals surface area (Å²) in [6.07, 6.45) is 0. The molecule has 0 aromatic heterocycles. The molecular formula is C15H18F2N2O4Ru2. The molecule has 2 rings (SSSR count). The number of hydrogen-bond donors (Lipinski definition) is 4. The third-order valence-electron chi connectivity index (χ3n) is 2.16. The quantitative estimate of drug-likeness (QED) is 0.360. The molecule has 10 heteroatoms. The molecule has 6 nitrogen and oxygen atoms in total. The van der Waals surface area contributed by atoms with Crippen LogP contribution in [0, 0.1) is 11.6 Å². The van der Waals surface area contributed by atoms with Crippen molar-refractivity contribution in [2.45, 2.75) is 0 Å². The van der Waals surface area contributed by atoms with Crippen LogP contribution in [0.5, 0.6) is 0 Å². The van der Waals surface area contributed by atoms with Crippen molar-refractivity contribution < 1.29 is 68.2 Å². The van der Waals surface area contributed by atoms with Gasteiger partial charge in [-0.05, 0) is 24.3 Å². The molecule has 2 aromatic carbocycles. The van der Waals surface area contributed by atoms with E-state index in [1.165, 1.54) is 24.3 Å². The molecule has 0 heterocycles. The largest absolute Gasteiger partial charge is 1.00 e. The number of aliphatic hydroxyl groups excluding tert-OH is 2. The van der Waals surface area contributed by atoms with Crippen molar-refractivity contribution in [1.82, 2.24) is 0 Å². The molecule has 0 saturated carbocycles. The fourth-order valence-corrected chi connectivity index (χ4v) is 1.29. The topological polar surface area (TPSA) is 109 Å². The molecule has 0 saturated heterocycles. The fourth-order valence-electron chi connectivity index (χ4n) is 1.29. The maximum absolute atomic E-state index is 12.6. The van der Waals surface area contributed by atoms with Gasteiger partial charge in [0.05, 0.1) is 0 Å². The molecule has 2 aromatic rings. The van der Waals surface area contributed by atoms with Crippen molar-refractivity contribution in [2.75, 3.05) is 20.3 Å². The molecule has 0 aliphatic rings. The molecule has 0 aliphatic heterocycles. The molecule has 0 fully saturated rings. The van der Waals surface area contributed by atoms with Crippen LogP contribution < -0.4 is 0 Å². The number of halogens is 2. The summed E-state index contributed by atoms with van der Waals surface area (Å²) in [7, 11) is 0. The van der Waals surface area contributed by atoms with Gasteiger partial charge < -0.3 is 31.1 Å². The molecule has 25 heavy (non-hydrogen) atoms. The van der Waals surface area contributed by atoms with Gasteiger partial charge in [-0.15, -0.1) is 11.4 Å². The van der Waals surface area contributed by atoms with Gasteiger partial charge in [-0.2, -0.15) is 0 Å². The maximum atomic E-state index is 12.6. The van der Waals surface area contributed by atoms with Gasteiger partial charge in [-0.25, -0.2) is 15.4 Å². The van der Waals surface area contributed by atoms with E-state index in [1.54, 1.807) is 24.3 Å². The minimum absolute atomic E-state index is 0. The first-order valence-electron chi connectivity index (χ1n) is 6.37. The van der Waals surface area contributed by atoms with Crippen LogP contribution in [0.2, 0.25) is 0 Å². The van der Waals surface area contributed by atoms with Crippen LogP contribution in [0.4, 0.5) is 20.2 Å². The summed E-state index contributed by atoms with van der Waals surface area (Å²) < 4.78 is 25.2. The SMILES string of the molecule is Fc1ccc([N-]C[N-]c2ccc(F)cc2)cc1.OCO.OCO.[Ru+].[Ru+]. The summed E-state index contributed by atoms with van der Waals surface area (Å²) in [4.78, 5) is 0. The first-order chi connectivity index (χ1) is 11.1. The Morgan fingerprint density at radius 1 is 0.600 bits per heavy atom. The van der Waals surface area contributed by atoms with Gasteiger partial charge in [0.2, 0.25) is 0 Å². The van der Waals surface area contributed by atoms with Crippen LogP contribution >= 0.6 is 0 Å². The minimum Gasteiger partial charge on any atom is -0.699 e. The Labute approximate surface area is 170 Å². The van der Waals surface area contributed by atoms with Crippen LogP contribution in [0.25, 0.3) is 10.6 Å². The van der Waals surface area contributed by atoms with E-state index < -0.39 is 13.6 Å². The van der Waals surface area contributed by atoms with Crippen molar-refractivity contribution in [3.8, 4) is 0 Å². The van der Waals surface area contributed by atoms with E-state index >= 15 is 0 Å².